The van der Waals surface area contributed by atoms with E-state index in [0.29, 0.717) is 18.2 Å². The predicted octanol–water partition coefficient (Wildman–Crippen LogP) is 2.94. The van der Waals surface area contributed by atoms with Crippen molar-refractivity contribution in [2.75, 3.05) is 13.6 Å². The Hall–Kier alpha value is -1.69. The van der Waals surface area contributed by atoms with E-state index in [1.807, 2.05) is 20.9 Å². The van der Waals surface area contributed by atoms with Gasteiger partial charge in [0.1, 0.15) is 0 Å². The number of aromatic nitrogens is 2. The van der Waals surface area contributed by atoms with Crippen LogP contribution in [0.15, 0.2) is 10.6 Å². The second-order valence-corrected chi connectivity index (χ2v) is 6.94. The van der Waals surface area contributed by atoms with Crippen molar-refractivity contribution in [3.05, 3.63) is 33.1 Å². The molecule has 0 spiro atoms. The largest absolute Gasteiger partial charge is 0.351 e. The summed E-state index contributed by atoms with van der Waals surface area (Å²) < 4.78 is 5.06. The van der Waals surface area contributed by atoms with Crippen LogP contribution >= 0.6 is 11.3 Å². The van der Waals surface area contributed by atoms with Crippen LogP contribution in [-0.2, 0) is 6.42 Å². The van der Waals surface area contributed by atoms with Gasteiger partial charge in [0, 0.05) is 30.5 Å². The maximum absolute atomic E-state index is 12.3. The number of thiazole rings is 1. The number of rotatable bonds is 3. The van der Waals surface area contributed by atoms with Gasteiger partial charge in [0.05, 0.1) is 16.4 Å². The second-order valence-electron chi connectivity index (χ2n) is 5.65. The number of likely N-dealkylation sites (N-methyl/N-ethyl adjacent to an activating group) is 1. The van der Waals surface area contributed by atoms with Gasteiger partial charge in [0.15, 0.2) is 0 Å². The molecule has 1 amide bonds. The van der Waals surface area contributed by atoms with Gasteiger partial charge >= 0.3 is 0 Å². The predicted molar refractivity (Wildman–Crippen MR) is 80.7 cm³/mol. The third kappa shape index (κ3) is 2.85. The van der Waals surface area contributed by atoms with Crippen molar-refractivity contribution in [2.24, 2.45) is 0 Å². The molecule has 0 saturated heterocycles. The van der Waals surface area contributed by atoms with E-state index in [0.717, 1.165) is 23.5 Å². The van der Waals surface area contributed by atoms with Crippen molar-refractivity contribution in [3.63, 3.8) is 0 Å². The van der Waals surface area contributed by atoms with Gasteiger partial charge in [-0.05, 0) is 33.1 Å². The summed E-state index contributed by atoms with van der Waals surface area (Å²) in [6.07, 6.45) is 3.38. The van der Waals surface area contributed by atoms with E-state index in [9.17, 15) is 4.79 Å². The number of hydrogen-bond acceptors (Lipinski definition) is 5. The van der Waals surface area contributed by atoms with Crippen molar-refractivity contribution < 1.29 is 9.32 Å². The first kappa shape index (κ1) is 14.3. The van der Waals surface area contributed by atoms with Crippen LogP contribution in [0.5, 0.6) is 0 Å². The summed E-state index contributed by atoms with van der Waals surface area (Å²) in [5, 5.41) is 4.89. The molecule has 0 N–H and O–H groups in total. The summed E-state index contributed by atoms with van der Waals surface area (Å²) in [5.41, 5.74) is 1.92. The quantitative estimate of drug-likeness (QED) is 0.875. The van der Waals surface area contributed by atoms with E-state index in [1.54, 1.807) is 22.3 Å². The highest BCUT2D eigenvalue weighted by Crippen LogP contribution is 2.35. The van der Waals surface area contributed by atoms with E-state index in [-0.39, 0.29) is 5.91 Å². The Morgan fingerprint density at radius 2 is 2.33 bits per heavy atom. The minimum absolute atomic E-state index is 0.116. The van der Waals surface area contributed by atoms with E-state index in [1.165, 1.54) is 17.0 Å². The SMILES string of the molecule is Cc1cc(C(=O)N(C)C[C@H]2CCCc3sc(C)nc32)on1. The maximum atomic E-state index is 12.3. The fraction of sp³-hybridized carbons (Fsp3) is 0.533. The van der Waals surface area contributed by atoms with Crippen LogP contribution in [0.4, 0.5) is 0 Å². The zero-order valence-corrected chi connectivity index (χ0v) is 13.4. The zero-order valence-electron chi connectivity index (χ0n) is 12.5. The standard InChI is InChI=1S/C15H19N3O2S/c1-9-7-12(20-17-9)15(19)18(3)8-11-5-4-6-13-14(11)16-10(2)21-13/h7,11H,4-6,8H2,1-3H3/t11-/m1/s1. The lowest BCUT2D eigenvalue weighted by atomic mass is 9.90. The fourth-order valence-corrected chi connectivity index (χ4v) is 3.94. The van der Waals surface area contributed by atoms with E-state index >= 15 is 0 Å². The molecule has 0 saturated carbocycles. The van der Waals surface area contributed by atoms with Gasteiger partial charge in [0.2, 0.25) is 5.76 Å². The number of hydrogen-bond donors (Lipinski definition) is 0. The number of nitrogens with zero attached hydrogens (tertiary/aromatic N) is 3. The highest BCUT2D eigenvalue weighted by Gasteiger charge is 2.27. The van der Waals surface area contributed by atoms with Crippen LogP contribution < -0.4 is 0 Å². The number of aryl methyl sites for hydroxylation is 3. The first-order chi connectivity index (χ1) is 10.0. The molecule has 0 fully saturated rings. The number of fused-ring (bicyclic) bond motifs is 1. The van der Waals surface area contributed by atoms with Gasteiger partial charge in [-0.25, -0.2) is 4.98 Å². The molecule has 5 nitrogen and oxygen atoms in total. The molecule has 0 bridgehead atoms. The molecule has 2 heterocycles. The fourth-order valence-electron chi connectivity index (χ4n) is 2.87. The monoisotopic (exact) mass is 305 g/mol. The lowest BCUT2D eigenvalue weighted by Gasteiger charge is -2.26. The van der Waals surface area contributed by atoms with Crippen LogP contribution in [-0.4, -0.2) is 34.5 Å². The molecule has 0 aliphatic heterocycles. The first-order valence-corrected chi connectivity index (χ1v) is 8.01. The molecule has 1 aliphatic rings. The lowest BCUT2D eigenvalue weighted by molar-refractivity contribution is 0.0741. The summed E-state index contributed by atoms with van der Waals surface area (Å²) in [6.45, 7) is 4.53. The molecule has 0 radical (unpaired) electrons. The van der Waals surface area contributed by atoms with Crippen LogP contribution in [0, 0.1) is 13.8 Å². The maximum Gasteiger partial charge on any atom is 0.292 e. The van der Waals surface area contributed by atoms with E-state index in [4.69, 9.17) is 4.52 Å². The van der Waals surface area contributed by atoms with Gasteiger partial charge in [-0.1, -0.05) is 5.16 Å². The van der Waals surface area contributed by atoms with Gasteiger partial charge in [0.25, 0.3) is 5.91 Å². The van der Waals surface area contributed by atoms with Crippen LogP contribution in [0.3, 0.4) is 0 Å². The highest BCUT2D eigenvalue weighted by atomic mass is 32.1. The second kappa shape index (κ2) is 5.60. The van der Waals surface area contributed by atoms with Gasteiger partial charge in [-0.3, -0.25) is 4.79 Å². The topological polar surface area (TPSA) is 59.2 Å². The molecule has 1 atom stereocenters. The molecule has 2 aromatic heterocycles. The van der Waals surface area contributed by atoms with Crippen molar-refractivity contribution in [3.8, 4) is 0 Å². The van der Waals surface area contributed by atoms with Gasteiger partial charge < -0.3 is 9.42 Å². The van der Waals surface area contributed by atoms with Crippen molar-refractivity contribution in [1.29, 1.82) is 0 Å². The third-order valence-corrected chi connectivity index (χ3v) is 4.90. The lowest BCUT2D eigenvalue weighted by Crippen LogP contribution is -2.32. The molecule has 6 heteroatoms. The summed E-state index contributed by atoms with van der Waals surface area (Å²) in [7, 11) is 1.81. The summed E-state index contributed by atoms with van der Waals surface area (Å²) >= 11 is 1.79. The van der Waals surface area contributed by atoms with E-state index in [2.05, 4.69) is 10.1 Å². The van der Waals surface area contributed by atoms with Crippen LogP contribution in [0.1, 0.15) is 50.6 Å². The highest BCUT2D eigenvalue weighted by molar-refractivity contribution is 7.11. The smallest absolute Gasteiger partial charge is 0.292 e. The van der Waals surface area contributed by atoms with Crippen molar-refractivity contribution in [1.82, 2.24) is 15.0 Å². The average Bonchev–Trinajstić information content (AvgIpc) is 3.03. The molecule has 3 rings (SSSR count). The Morgan fingerprint density at radius 1 is 1.52 bits per heavy atom. The minimum Gasteiger partial charge on any atom is -0.351 e. The number of carbonyl (C=O) groups is 1. The first-order valence-electron chi connectivity index (χ1n) is 7.19. The Kier molecular flexibility index (Phi) is 3.80. The van der Waals surface area contributed by atoms with Crippen LogP contribution in [0.25, 0.3) is 0 Å². The van der Waals surface area contributed by atoms with Gasteiger partial charge in [-0.15, -0.1) is 11.3 Å². The molecule has 21 heavy (non-hydrogen) atoms. The Morgan fingerprint density at radius 3 is 3.05 bits per heavy atom. The Bertz CT molecular complexity index is 662. The molecule has 2 aromatic rings. The Labute approximate surface area is 128 Å². The summed E-state index contributed by atoms with van der Waals surface area (Å²) in [5.74, 6) is 0.520. The number of amides is 1. The Balaban J connectivity index is 1.73. The van der Waals surface area contributed by atoms with Crippen molar-refractivity contribution >= 4 is 17.2 Å². The van der Waals surface area contributed by atoms with Crippen molar-refractivity contribution in [2.45, 2.75) is 39.0 Å². The molecule has 0 unspecified atom stereocenters. The molecule has 1 aliphatic carbocycles. The van der Waals surface area contributed by atoms with Crippen LogP contribution in [0.2, 0.25) is 0 Å². The molecular weight excluding hydrogens is 286 g/mol. The normalized spacial score (nSPS) is 17.6. The molecule has 112 valence electrons. The third-order valence-electron chi connectivity index (χ3n) is 3.86. The van der Waals surface area contributed by atoms with Gasteiger partial charge in [-0.2, -0.15) is 0 Å². The molecule has 0 aromatic carbocycles. The zero-order chi connectivity index (χ0) is 15.0. The summed E-state index contributed by atoms with van der Waals surface area (Å²) in [4.78, 5) is 20.1. The number of carbonyl (C=O) groups excluding carboxylic acids is 1. The van der Waals surface area contributed by atoms with E-state index < -0.39 is 0 Å². The molecular formula is C15H19N3O2S. The average molecular weight is 305 g/mol. The summed E-state index contributed by atoms with van der Waals surface area (Å²) in [6, 6.07) is 1.68. The minimum atomic E-state index is -0.116.